The first-order valence-corrected chi connectivity index (χ1v) is 5.84. The molecule has 104 valence electrons. The van der Waals surface area contributed by atoms with Gasteiger partial charge >= 0.3 is 6.18 Å². The smallest absolute Gasteiger partial charge is 0.374 e. The van der Waals surface area contributed by atoms with Crippen molar-refractivity contribution in [3.05, 3.63) is 42.0 Å². The van der Waals surface area contributed by atoms with E-state index >= 15 is 0 Å². The zero-order valence-corrected chi connectivity index (χ0v) is 10.4. The summed E-state index contributed by atoms with van der Waals surface area (Å²) in [6, 6.07) is 8.40. The minimum Gasteiger partial charge on any atom is -0.374 e. The number of carbonyl (C=O) groups is 1. The number of benzene rings is 1. The van der Waals surface area contributed by atoms with Crippen LogP contribution < -0.4 is 0 Å². The standard InChI is InChI=1S/C14H15F3O2/c1-2-6-12(11-7-4-3-5-8-11)9-13(19,10-18)14(15,16)17/h3-8,10,19H,2,9H2,1H3. The molecule has 1 aromatic rings. The van der Waals surface area contributed by atoms with Crippen molar-refractivity contribution >= 4 is 11.9 Å². The molecular formula is C14H15F3O2. The number of rotatable bonds is 5. The molecule has 0 spiro atoms. The second-order valence-electron chi connectivity index (χ2n) is 4.22. The highest BCUT2D eigenvalue weighted by atomic mass is 19.4. The first-order chi connectivity index (χ1) is 8.84. The quantitative estimate of drug-likeness (QED) is 0.834. The van der Waals surface area contributed by atoms with E-state index in [1.165, 1.54) is 0 Å². The number of carbonyl (C=O) groups excluding carboxylic acids is 1. The van der Waals surface area contributed by atoms with E-state index in [-0.39, 0.29) is 0 Å². The molecule has 0 aliphatic carbocycles. The number of hydrogen-bond acceptors (Lipinski definition) is 2. The van der Waals surface area contributed by atoms with Crippen LogP contribution in [0.25, 0.3) is 5.57 Å². The molecule has 0 fully saturated rings. The molecule has 1 aromatic carbocycles. The lowest BCUT2D eigenvalue weighted by molar-refractivity contribution is -0.242. The molecule has 0 heterocycles. The van der Waals surface area contributed by atoms with Gasteiger partial charge in [-0.1, -0.05) is 43.3 Å². The summed E-state index contributed by atoms with van der Waals surface area (Å²) < 4.78 is 38.1. The van der Waals surface area contributed by atoms with Crippen LogP contribution in [0.15, 0.2) is 36.4 Å². The van der Waals surface area contributed by atoms with Crippen molar-refractivity contribution in [1.29, 1.82) is 0 Å². The van der Waals surface area contributed by atoms with Crippen LogP contribution in [-0.2, 0) is 4.79 Å². The predicted octanol–water partition coefficient (Wildman–Crippen LogP) is 3.36. The lowest BCUT2D eigenvalue weighted by atomic mass is 9.90. The van der Waals surface area contributed by atoms with Crippen LogP contribution in [0.4, 0.5) is 13.2 Å². The monoisotopic (exact) mass is 272 g/mol. The molecule has 1 N–H and O–H groups in total. The van der Waals surface area contributed by atoms with Crippen molar-refractivity contribution in [3.63, 3.8) is 0 Å². The van der Waals surface area contributed by atoms with Gasteiger partial charge in [0.05, 0.1) is 0 Å². The van der Waals surface area contributed by atoms with E-state index in [1.54, 1.807) is 43.3 Å². The molecule has 1 rings (SSSR count). The molecular weight excluding hydrogens is 257 g/mol. The average Bonchev–Trinajstić information content (AvgIpc) is 2.37. The van der Waals surface area contributed by atoms with Crippen molar-refractivity contribution in [2.45, 2.75) is 31.5 Å². The van der Waals surface area contributed by atoms with Gasteiger partial charge < -0.3 is 5.11 Å². The summed E-state index contributed by atoms with van der Waals surface area (Å²) in [7, 11) is 0. The highest BCUT2D eigenvalue weighted by Gasteiger charge is 2.54. The van der Waals surface area contributed by atoms with Crippen molar-refractivity contribution in [2.75, 3.05) is 0 Å². The van der Waals surface area contributed by atoms with Crippen molar-refractivity contribution in [3.8, 4) is 0 Å². The Bertz CT molecular complexity index is 452. The van der Waals surface area contributed by atoms with Gasteiger partial charge in [-0.2, -0.15) is 13.2 Å². The summed E-state index contributed by atoms with van der Waals surface area (Å²) in [6.45, 7) is 1.77. The number of aliphatic hydroxyl groups is 1. The summed E-state index contributed by atoms with van der Waals surface area (Å²) in [4.78, 5) is 10.6. The zero-order valence-electron chi connectivity index (χ0n) is 10.4. The Kier molecular flexibility index (Phi) is 4.89. The fourth-order valence-corrected chi connectivity index (χ4v) is 1.69. The Morgan fingerprint density at radius 1 is 1.26 bits per heavy atom. The summed E-state index contributed by atoms with van der Waals surface area (Å²) in [5, 5.41) is 9.48. The summed E-state index contributed by atoms with van der Waals surface area (Å²) in [5.74, 6) is 0. The van der Waals surface area contributed by atoms with Crippen molar-refractivity contribution < 1.29 is 23.1 Å². The first kappa shape index (κ1) is 15.4. The molecule has 0 aromatic heterocycles. The molecule has 0 saturated heterocycles. The highest BCUT2D eigenvalue weighted by Crippen LogP contribution is 2.36. The minimum absolute atomic E-state index is 0.301. The highest BCUT2D eigenvalue weighted by molar-refractivity contribution is 5.73. The Morgan fingerprint density at radius 2 is 1.84 bits per heavy atom. The van der Waals surface area contributed by atoms with Gasteiger partial charge in [-0.05, 0) is 17.6 Å². The Balaban J connectivity index is 3.11. The SMILES string of the molecule is CCC=C(CC(O)(C=O)C(F)(F)F)c1ccccc1. The van der Waals surface area contributed by atoms with E-state index in [0.717, 1.165) is 0 Å². The fourth-order valence-electron chi connectivity index (χ4n) is 1.69. The largest absolute Gasteiger partial charge is 0.424 e. The number of aldehydes is 1. The van der Waals surface area contributed by atoms with E-state index in [0.29, 0.717) is 17.6 Å². The van der Waals surface area contributed by atoms with Crippen molar-refractivity contribution in [2.24, 2.45) is 0 Å². The van der Waals surface area contributed by atoms with Crippen LogP contribution in [0, 0.1) is 0 Å². The van der Waals surface area contributed by atoms with Crippen molar-refractivity contribution in [1.82, 2.24) is 0 Å². The molecule has 0 aliphatic heterocycles. The van der Waals surface area contributed by atoms with Crippen LogP contribution in [0.1, 0.15) is 25.3 Å². The third-order valence-electron chi connectivity index (χ3n) is 2.74. The summed E-state index contributed by atoms with van der Waals surface area (Å²) in [6.07, 6.45) is -4.12. The van der Waals surface area contributed by atoms with Gasteiger partial charge in [-0.25, -0.2) is 0 Å². The molecule has 19 heavy (non-hydrogen) atoms. The van der Waals surface area contributed by atoms with Gasteiger partial charge in [-0.3, -0.25) is 4.79 Å². The van der Waals surface area contributed by atoms with E-state index in [9.17, 15) is 23.1 Å². The average molecular weight is 272 g/mol. The van der Waals surface area contributed by atoms with Gasteiger partial charge in [0.2, 0.25) is 5.60 Å². The molecule has 0 radical (unpaired) electrons. The van der Waals surface area contributed by atoms with Crippen LogP contribution in [-0.4, -0.2) is 23.2 Å². The lowest BCUT2D eigenvalue weighted by Crippen LogP contribution is -2.46. The zero-order chi connectivity index (χ0) is 14.5. The Labute approximate surface area is 109 Å². The molecule has 0 aliphatic rings. The molecule has 5 heteroatoms. The van der Waals surface area contributed by atoms with Gasteiger partial charge in [0.25, 0.3) is 0 Å². The third kappa shape index (κ3) is 3.67. The second-order valence-corrected chi connectivity index (χ2v) is 4.22. The number of alkyl halides is 3. The van der Waals surface area contributed by atoms with E-state index in [1.807, 2.05) is 0 Å². The topological polar surface area (TPSA) is 37.3 Å². The van der Waals surface area contributed by atoms with Crippen LogP contribution in [0.5, 0.6) is 0 Å². The Hall–Kier alpha value is -1.62. The predicted molar refractivity (Wildman–Crippen MR) is 66.4 cm³/mol. The second kappa shape index (κ2) is 6.02. The number of hydrogen-bond donors (Lipinski definition) is 1. The van der Waals surface area contributed by atoms with Gasteiger partial charge in [0.15, 0.2) is 6.29 Å². The maximum atomic E-state index is 12.7. The lowest BCUT2D eigenvalue weighted by Gasteiger charge is -2.26. The molecule has 1 unspecified atom stereocenters. The van der Waals surface area contributed by atoms with E-state index in [2.05, 4.69) is 0 Å². The number of halogens is 3. The van der Waals surface area contributed by atoms with Gasteiger partial charge in [0.1, 0.15) is 0 Å². The van der Waals surface area contributed by atoms with Crippen LogP contribution >= 0.6 is 0 Å². The number of allylic oxidation sites excluding steroid dienone is 1. The first-order valence-electron chi connectivity index (χ1n) is 5.84. The maximum Gasteiger partial charge on any atom is 0.424 e. The Morgan fingerprint density at radius 3 is 2.26 bits per heavy atom. The van der Waals surface area contributed by atoms with Crippen LogP contribution in [0.2, 0.25) is 0 Å². The normalized spacial score (nSPS) is 15.9. The maximum absolute atomic E-state index is 12.7. The summed E-state index contributed by atoms with van der Waals surface area (Å²) in [5.41, 5.74) is -2.48. The van der Waals surface area contributed by atoms with Gasteiger partial charge in [0, 0.05) is 6.42 Å². The molecule has 2 nitrogen and oxygen atoms in total. The molecule has 0 bridgehead atoms. The minimum atomic E-state index is -4.99. The summed E-state index contributed by atoms with van der Waals surface area (Å²) >= 11 is 0. The van der Waals surface area contributed by atoms with Gasteiger partial charge in [-0.15, -0.1) is 0 Å². The van der Waals surface area contributed by atoms with E-state index < -0.39 is 24.5 Å². The van der Waals surface area contributed by atoms with E-state index in [4.69, 9.17) is 0 Å². The van der Waals surface area contributed by atoms with Crippen LogP contribution in [0.3, 0.4) is 0 Å². The molecule has 1 atom stereocenters. The molecule has 0 saturated carbocycles. The fraction of sp³-hybridized carbons (Fsp3) is 0.357. The third-order valence-corrected chi connectivity index (χ3v) is 2.74. The molecule has 0 amide bonds.